The first kappa shape index (κ1) is 13.9. The molecule has 0 spiro atoms. The Morgan fingerprint density at radius 2 is 1.88 bits per heavy atom. The molecule has 0 aromatic carbocycles. The number of nitrogens with one attached hydrogen (secondary N) is 1. The monoisotopic (exact) mass is 237 g/mol. The quantitative estimate of drug-likeness (QED) is 0.816. The molecule has 0 aliphatic heterocycles. The average Bonchev–Trinajstić information content (AvgIpc) is 2.30. The van der Waals surface area contributed by atoms with Crippen molar-refractivity contribution in [1.82, 2.24) is 14.9 Å². The van der Waals surface area contributed by atoms with Crippen molar-refractivity contribution in [2.45, 2.75) is 40.5 Å². The molecule has 0 amide bonds. The van der Waals surface area contributed by atoms with Gasteiger partial charge in [-0.2, -0.15) is 0 Å². The van der Waals surface area contributed by atoms with Crippen LogP contribution in [0.3, 0.4) is 0 Å². The summed E-state index contributed by atoms with van der Waals surface area (Å²) in [7, 11) is 0. The van der Waals surface area contributed by atoms with Gasteiger partial charge < -0.3 is 9.88 Å². The second-order valence-electron chi connectivity index (χ2n) is 4.21. The zero-order chi connectivity index (χ0) is 12.8. The third kappa shape index (κ3) is 3.66. The fraction of sp³-hybridized carbons (Fsp3) is 0.692. The number of hydrogen-bond acceptors (Lipinski definition) is 3. The zero-order valence-corrected chi connectivity index (χ0v) is 11.3. The molecule has 4 nitrogen and oxygen atoms in total. The van der Waals surface area contributed by atoms with E-state index in [1.165, 1.54) is 0 Å². The Morgan fingerprint density at radius 3 is 2.35 bits per heavy atom. The smallest absolute Gasteiger partial charge is 0.254 e. The van der Waals surface area contributed by atoms with Gasteiger partial charge in [0.15, 0.2) is 0 Å². The number of aromatic amines is 1. The first-order chi connectivity index (χ1) is 8.12. The van der Waals surface area contributed by atoms with Gasteiger partial charge in [0.1, 0.15) is 5.82 Å². The Balaban J connectivity index is 2.77. The minimum absolute atomic E-state index is 0.0227. The van der Waals surface area contributed by atoms with Crippen LogP contribution >= 0.6 is 0 Å². The molecular formula is C13H23N3O. The molecular weight excluding hydrogens is 214 g/mol. The van der Waals surface area contributed by atoms with Gasteiger partial charge in [-0.05, 0) is 26.4 Å². The van der Waals surface area contributed by atoms with Crippen LogP contribution in [0.2, 0.25) is 0 Å². The summed E-state index contributed by atoms with van der Waals surface area (Å²) in [5, 5.41) is 0. The van der Waals surface area contributed by atoms with Crippen molar-refractivity contribution in [3.05, 3.63) is 27.4 Å². The Kier molecular flexibility index (Phi) is 5.35. The molecule has 0 bridgehead atoms. The lowest BCUT2D eigenvalue weighted by Gasteiger charge is -2.17. The first-order valence-electron chi connectivity index (χ1n) is 6.43. The standard InChI is InChI=1S/C13H23N3O/c1-5-11-10(4)14-12(15-13(11)17)8-9-16(6-2)7-3/h5-9H2,1-4H3,(H,14,15,17). The maximum atomic E-state index is 11.8. The van der Waals surface area contributed by atoms with Crippen molar-refractivity contribution in [2.24, 2.45) is 0 Å². The highest BCUT2D eigenvalue weighted by molar-refractivity contribution is 5.16. The van der Waals surface area contributed by atoms with Crippen LogP contribution in [-0.2, 0) is 12.8 Å². The highest BCUT2D eigenvalue weighted by atomic mass is 16.1. The molecule has 1 rings (SSSR count). The summed E-state index contributed by atoms with van der Waals surface area (Å²) in [5.74, 6) is 0.802. The normalized spacial score (nSPS) is 11.1. The van der Waals surface area contributed by atoms with Crippen LogP contribution in [0.5, 0.6) is 0 Å². The van der Waals surface area contributed by atoms with E-state index in [1.54, 1.807) is 0 Å². The van der Waals surface area contributed by atoms with Crippen LogP contribution in [-0.4, -0.2) is 34.5 Å². The maximum Gasteiger partial charge on any atom is 0.254 e. The molecule has 96 valence electrons. The van der Waals surface area contributed by atoms with Crippen LogP contribution in [0.25, 0.3) is 0 Å². The fourth-order valence-corrected chi connectivity index (χ4v) is 2.01. The minimum atomic E-state index is 0.0227. The van der Waals surface area contributed by atoms with E-state index in [-0.39, 0.29) is 5.56 Å². The van der Waals surface area contributed by atoms with Gasteiger partial charge in [0.2, 0.25) is 0 Å². The number of aryl methyl sites for hydroxylation is 1. The molecule has 0 unspecified atom stereocenters. The van der Waals surface area contributed by atoms with Crippen molar-refractivity contribution in [3.8, 4) is 0 Å². The van der Waals surface area contributed by atoms with Crippen molar-refractivity contribution in [2.75, 3.05) is 19.6 Å². The molecule has 0 aliphatic carbocycles. The molecule has 0 radical (unpaired) electrons. The number of likely N-dealkylation sites (N-methyl/N-ethyl adjacent to an activating group) is 1. The van der Waals surface area contributed by atoms with Crippen molar-refractivity contribution in [1.29, 1.82) is 0 Å². The predicted molar refractivity (Wildman–Crippen MR) is 70.5 cm³/mol. The number of aromatic nitrogens is 2. The number of hydrogen-bond donors (Lipinski definition) is 1. The molecule has 4 heteroatoms. The van der Waals surface area contributed by atoms with Gasteiger partial charge in [0.05, 0.1) is 0 Å². The molecule has 1 aromatic heterocycles. The topological polar surface area (TPSA) is 49.0 Å². The summed E-state index contributed by atoms with van der Waals surface area (Å²) in [5.41, 5.74) is 1.69. The summed E-state index contributed by atoms with van der Waals surface area (Å²) >= 11 is 0. The second kappa shape index (κ2) is 6.55. The average molecular weight is 237 g/mol. The Morgan fingerprint density at radius 1 is 1.24 bits per heavy atom. The van der Waals surface area contributed by atoms with Gasteiger partial charge in [-0.25, -0.2) is 4.98 Å². The van der Waals surface area contributed by atoms with Crippen LogP contribution in [0.4, 0.5) is 0 Å². The molecule has 0 atom stereocenters. The maximum absolute atomic E-state index is 11.8. The SMILES string of the molecule is CCc1c(C)nc(CCN(CC)CC)[nH]c1=O. The highest BCUT2D eigenvalue weighted by Crippen LogP contribution is 2.01. The van der Waals surface area contributed by atoms with Gasteiger partial charge in [-0.3, -0.25) is 4.79 Å². The molecule has 0 aliphatic rings. The predicted octanol–water partition coefficient (Wildman–Crippen LogP) is 1.53. The van der Waals surface area contributed by atoms with E-state index in [4.69, 9.17) is 0 Å². The fourth-order valence-electron chi connectivity index (χ4n) is 2.01. The Bertz CT molecular complexity index is 408. The third-order valence-electron chi connectivity index (χ3n) is 3.18. The lowest BCUT2D eigenvalue weighted by Crippen LogP contribution is -2.27. The van der Waals surface area contributed by atoms with Crippen molar-refractivity contribution in [3.63, 3.8) is 0 Å². The first-order valence-corrected chi connectivity index (χ1v) is 6.43. The summed E-state index contributed by atoms with van der Waals surface area (Å²) in [6.07, 6.45) is 1.55. The van der Waals surface area contributed by atoms with E-state index in [0.29, 0.717) is 0 Å². The van der Waals surface area contributed by atoms with E-state index in [2.05, 4.69) is 28.7 Å². The Hall–Kier alpha value is -1.16. The van der Waals surface area contributed by atoms with E-state index >= 15 is 0 Å². The largest absolute Gasteiger partial charge is 0.310 e. The molecule has 0 fully saturated rings. The van der Waals surface area contributed by atoms with Crippen LogP contribution in [0, 0.1) is 6.92 Å². The highest BCUT2D eigenvalue weighted by Gasteiger charge is 2.07. The Labute approximate surface area is 103 Å². The van der Waals surface area contributed by atoms with Gasteiger partial charge >= 0.3 is 0 Å². The van der Waals surface area contributed by atoms with Gasteiger partial charge in [-0.15, -0.1) is 0 Å². The summed E-state index contributed by atoms with van der Waals surface area (Å²) in [6, 6.07) is 0. The van der Waals surface area contributed by atoms with E-state index in [0.717, 1.165) is 49.6 Å². The van der Waals surface area contributed by atoms with Crippen LogP contribution in [0.1, 0.15) is 37.9 Å². The number of nitrogens with zero attached hydrogens (tertiary/aromatic N) is 2. The summed E-state index contributed by atoms with van der Waals surface area (Å²) < 4.78 is 0. The van der Waals surface area contributed by atoms with E-state index < -0.39 is 0 Å². The molecule has 0 saturated carbocycles. The van der Waals surface area contributed by atoms with Gasteiger partial charge in [0, 0.05) is 24.2 Å². The lowest BCUT2D eigenvalue weighted by molar-refractivity contribution is 0.305. The van der Waals surface area contributed by atoms with E-state index in [1.807, 2.05) is 13.8 Å². The molecule has 1 N–H and O–H groups in total. The van der Waals surface area contributed by atoms with Crippen molar-refractivity contribution >= 4 is 0 Å². The van der Waals surface area contributed by atoms with Crippen LogP contribution < -0.4 is 5.56 Å². The lowest BCUT2D eigenvalue weighted by atomic mass is 10.2. The summed E-state index contributed by atoms with van der Waals surface area (Å²) in [4.78, 5) is 21.4. The van der Waals surface area contributed by atoms with E-state index in [9.17, 15) is 4.79 Å². The minimum Gasteiger partial charge on any atom is -0.310 e. The third-order valence-corrected chi connectivity index (χ3v) is 3.18. The summed E-state index contributed by atoms with van der Waals surface area (Å²) in [6.45, 7) is 11.2. The van der Waals surface area contributed by atoms with Crippen molar-refractivity contribution < 1.29 is 0 Å². The zero-order valence-electron chi connectivity index (χ0n) is 11.3. The molecule has 1 heterocycles. The second-order valence-corrected chi connectivity index (χ2v) is 4.21. The molecule has 17 heavy (non-hydrogen) atoms. The van der Waals surface area contributed by atoms with Crippen LogP contribution in [0.15, 0.2) is 4.79 Å². The molecule has 1 aromatic rings. The number of rotatable bonds is 6. The number of H-pyrrole nitrogens is 1. The molecule has 0 saturated heterocycles. The van der Waals surface area contributed by atoms with Gasteiger partial charge in [-0.1, -0.05) is 20.8 Å². The van der Waals surface area contributed by atoms with Gasteiger partial charge in [0.25, 0.3) is 5.56 Å².